The van der Waals surface area contributed by atoms with E-state index in [1.807, 2.05) is 11.4 Å². The van der Waals surface area contributed by atoms with Gasteiger partial charge in [-0.25, -0.2) is 9.18 Å². The number of carbonyl (C=O) groups is 2. The minimum atomic E-state index is -0.562. The van der Waals surface area contributed by atoms with Crippen LogP contribution in [0.2, 0.25) is 5.02 Å². The molecule has 0 saturated carbocycles. The fourth-order valence-electron chi connectivity index (χ4n) is 2.34. The molecule has 0 aliphatic heterocycles. The predicted octanol–water partition coefficient (Wildman–Crippen LogP) is 3.92. The van der Waals surface area contributed by atoms with Crippen LogP contribution in [0.4, 0.5) is 10.1 Å². The zero-order valence-electron chi connectivity index (χ0n) is 12.5. The number of amides is 1. The number of methoxy groups -OCH3 is 1. The molecule has 24 heavy (non-hydrogen) atoms. The summed E-state index contributed by atoms with van der Waals surface area (Å²) in [5.74, 6) is -1.45. The van der Waals surface area contributed by atoms with E-state index >= 15 is 0 Å². The number of nitrogens with one attached hydrogen (secondary N) is 1. The quantitative estimate of drug-likeness (QED) is 0.712. The molecule has 3 rings (SSSR count). The van der Waals surface area contributed by atoms with Gasteiger partial charge in [0, 0.05) is 5.69 Å². The Morgan fingerprint density at radius 3 is 2.83 bits per heavy atom. The Kier molecular flexibility index (Phi) is 4.55. The van der Waals surface area contributed by atoms with Gasteiger partial charge in [0.1, 0.15) is 18.1 Å². The van der Waals surface area contributed by atoms with Gasteiger partial charge in [-0.1, -0.05) is 11.6 Å². The molecule has 1 aromatic carbocycles. The third kappa shape index (κ3) is 3.13. The predicted molar refractivity (Wildman–Crippen MR) is 91.2 cm³/mol. The molecule has 8 heteroatoms. The molecular weight excluding hydrogens is 355 g/mol. The zero-order valence-corrected chi connectivity index (χ0v) is 14.1. The Bertz CT molecular complexity index is 935. The van der Waals surface area contributed by atoms with E-state index < -0.39 is 11.8 Å². The third-order valence-corrected chi connectivity index (χ3v) is 4.57. The Morgan fingerprint density at radius 2 is 2.12 bits per heavy atom. The summed E-state index contributed by atoms with van der Waals surface area (Å²) in [5.41, 5.74) is 1.44. The minimum Gasteiger partial charge on any atom is -0.464 e. The Morgan fingerprint density at radius 1 is 1.33 bits per heavy atom. The average molecular weight is 367 g/mol. The summed E-state index contributed by atoms with van der Waals surface area (Å²) >= 11 is 7.16. The van der Waals surface area contributed by atoms with E-state index in [4.69, 9.17) is 16.3 Å². The van der Waals surface area contributed by atoms with Crippen molar-refractivity contribution in [1.29, 1.82) is 0 Å². The minimum absolute atomic E-state index is 0.0794. The van der Waals surface area contributed by atoms with Crippen LogP contribution >= 0.6 is 22.9 Å². The van der Waals surface area contributed by atoms with Crippen molar-refractivity contribution in [3.8, 4) is 0 Å². The summed E-state index contributed by atoms with van der Waals surface area (Å²) in [7, 11) is 1.29. The fourth-order valence-corrected chi connectivity index (χ4v) is 3.34. The molecule has 0 bridgehead atoms. The van der Waals surface area contributed by atoms with Crippen LogP contribution in [0.5, 0.6) is 0 Å². The zero-order chi connectivity index (χ0) is 17.3. The van der Waals surface area contributed by atoms with Crippen LogP contribution in [0.1, 0.15) is 10.5 Å². The third-order valence-electron chi connectivity index (χ3n) is 3.42. The van der Waals surface area contributed by atoms with Crippen LogP contribution in [0.3, 0.4) is 0 Å². The normalized spacial score (nSPS) is 10.8. The number of anilines is 1. The smallest absolute Gasteiger partial charge is 0.354 e. The molecule has 2 heterocycles. The maximum absolute atomic E-state index is 13.2. The molecule has 5 nitrogen and oxygen atoms in total. The van der Waals surface area contributed by atoms with Crippen molar-refractivity contribution in [2.24, 2.45) is 0 Å². The van der Waals surface area contributed by atoms with Crippen LogP contribution in [0, 0.1) is 5.82 Å². The highest BCUT2D eigenvalue weighted by atomic mass is 35.5. The van der Waals surface area contributed by atoms with E-state index in [0.717, 1.165) is 10.2 Å². The Labute approximate surface area is 145 Å². The van der Waals surface area contributed by atoms with Gasteiger partial charge in [0.2, 0.25) is 5.91 Å². The first kappa shape index (κ1) is 16.5. The number of thiophene rings is 1. The largest absolute Gasteiger partial charge is 0.464 e. The summed E-state index contributed by atoms with van der Waals surface area (Å²) in [6, 6.07) is 7.43. The van der Waals surface area contributed by atoms with Crippen molar-refractivity contribution in [1.82, 2.24) is 4.57 Å². The van der Waals surface area contributed by atoms with Crippen molar-refractivity contribution < 1.29 is 18.7 Å². The fraction of sp³-hybridized carbons (Fsp3) is 0.125. The molecule has 3 aromatic rings. The van der Waals surface area contributed by atoms with E-state index in [0.29, 0.717) is 11.4 Å². The molecule has 0 spiro atoms. The van der Waals surface area contributed by atoms with Crippen molar-refractivity contribution in [3.05, 3.63) is 52.2 Å². The summed E-state index contributed by atoms with van der Waals surface area (Å²) in [4.78, 5) is 24.2. The topological polar surface area (TPSA) is 60.3 Å². The number of carbonyl (C=O) groups excluding carboxylic acids is 2. The molecular formula is C16H12ClFN2O3S. The lowest BCUT2D eigenvalue weighted by molar-refractivity contribution is -0.116. The lowest BCUT2D eigenvalue weighted by Crippen LogP contribution is -2.21. The number of hydrogen-bond acceptors (Lipinski definition) is 4. The van der Waals surface area contributed by atoms with Gasteiger partial charge in [-0.2, -0.15) is 0 Å². The second kappa shape index (κ2) is 6.62. The standard InChI is InChI=1S/C16H12ClFN2O3S/c1-23-16(22)13-7-14-12(4-5-24-14)20(13)8-15(21)19-9-2-3-11(18)10(17)6-9/h2-7H,8H2,1H3,(H,19,21). The van der Waals surface area contributed by atoms with Crippen LogP contribution in [-0.2, 0) is 16.1 Å². The van der Waals surface area contributed by atoms with Gasteiger partial charge in [0.25, 0.3) is 0 Å². The summed E-state index contributed by atoms with van der Waals surface area (Å²) in [6.07, 6.45) is 0. The van der Waals surface area contributed by atoms with E-state index in [9.17, 15) is 14.0 Å². The van der Waals surface area contributed by atoms with E-state index in [1.165, 1.54) is 36.6 Å². The maximum Gasteiger partial charge on any atom is 0.354 e. The summed E-state index contributed by atoms with van der Waals surface area (Å²) < 4.78 is 20.4. The van der Waals surface area contributed by atoms with Crippen molar-refractivity contribution in [2.75, 3.05) is 12.4 Å². The number of nitrogens with zero attached hydrogens (tertiary/aromatic N) is 1. The highest BCUT2D eigenvalue weighted by Crippen LogP contribution is 2.26. The first-order chi connectivity index (χ1) is 11.5. The van der Waals surface area contributed by atoms with Gasteiger partial charge >= 0.3 is 5.97 Å². The highest BCUT2D eigenvalue weighted by molar-refractivity contribution is 7.17. The van der Waals surface area contributed by atoms with Gasteiger partial charge in [-0.3, -0.25) is 4.79 Å². The molecule has 1 N–H and O–H groups in total. The van der Waals surface area contributed by atoms with E-state index in [1.54, 1.807) is 10.6 Å². The second-order valence-corrected chi connectivity index (χ2v) is 6.31. The first-order valence-electron chi connectivity index (χ1n) is 6.89. The van der Waals surface area contributed by atoms with E-state index in [2.05, 4.69) is 5.32 Å². The molecule has 0 unspecified atom stereocenters. The first-order valence-corrected chi connectivity index (χ1v) is 8.15. The highest BCUT2D eigenvalue weighted by Gasteiger charge is 2.19. The van der Waals surface area contributed by atoms with Gasteiger partial charge in [-0.15, -0.1) is 11.3 Å². The van der Waals surface area contributed by atoms with Crippen LogP contribution in [-0.4, -0.2) is 23.6 Å². The van der Waals surface area contributed by atoms with Crippen molar-refractivity contribution >= 4 is 50.7 Å². The lowest BCUT2D eigenvalue weighted by Gasteiger charge is -2.10. The number of fused-ring (bicyclic) bond motifs is 1. The summed E-state index contributed by atoms with van der Waals surface area (Å²) in [5, 5.41) is 4.43. The van der Waals surface area contributed by atoms with E-state index in [-0.39, 0.29) is 17.5 Å². The summed E-state index contributed by atoms with van der Waals surface area (Å²) in [6.45, 7) is -0.0837. The van der Waals surface area contributed by atoms with Gasteiger partial charge in [0.15, 0.2) is 0 Å². The molecule has 0 fully saturated rings. The molecule has 0 radical (unpaired) electrons. The molecule has 0 aliphatic carbocycles. The number of benzene rings is 1. The van der Waals surface area contributed by atoms with Crippen molar-refractivity contribution in [2.45, 2.75) is 6.54 Å². The van der Waals surface area contributed by atoms with Crippen LogP contribution in [0.25, 0.3) is 10.2 Å². The molecule has 0 aliphatic rings. The molecule has 124 valence electrons. The number of hydrogen-bond donors (Lipinski definition) is 1. The Hall–Kier alpha value is -2.38. The Balaban J connectivity index is 1.85. The van der Waals surface area contributed by atoms with Gasteiger partial charge in [-0.05, 0) is 35.7 Å². The lowest BCUT2D eigenvalue weighted by atomic mass is 10.3. The molecule has 2 aromatic heterocycles. The number of rotatable bonds is 4. The van der Waals surface area contributed by atoms with Crippen molar-refractivity contribution in [3.63, 3.8) is 0 Å². The SMILES string of the molecule is COC(=O)c1cc2sccc2n1CC(=O)Nc1ccc(F)c(Cl)c1. The number of aromatic nitrogens is 1. The number of esters is 1. The molecule has 1 amide bonds. The average Bonchev–Trinajstić information content (AvgIpc) is 3.13. The van der Waals surface area contributed by atoms with Gasteiger partial charge < -0.3 is 14.6 Å². The van der Waals surface area contributed by atoms with Crippen LogP contribution in [0.15, 0.2) is 35.7 Å². The molecule has 0 atom stereocenters. The van der Waals surface area contributed by atoms with Gasteiger partial charge in [0.05, 0.1) is 22.3 Å². The van der Waals surface area contributed by atoms with Crippen LogP contribution < -0.4 is 5.32 Å². The maximum atomic E-state index is 13.2. The number of ether oxygens (including phenoxy) is 1. The second-order valence-electron chi connectivity index (χ2n) is 4.95. The monoisotopic (exact) mass is 366 g/mol. The molecule has 0 saturated heterocycles. The number of halogens is 2.